The zero-order chi connectivity index (χ0) is 15.2. The molecule has 1 saturated heterocycles. The fourth-order valence-electron chi connectivity index (χ4n) is 2.16. The summed E-state index contributed by atoms with van der Waals surface area (Å²) >= 11 is 3.38. The molecular formula is C12H17BrN2O5. The molecule has 0 aliphatic carbocycles. The van der Waals surface area contributed by atoms with Gasteiger partial charge in [-0.3, -0.25) is 0 Å². The molecule has 0 aromatic rings. The third kappa shape index (κ3) is 5.70. The maximum atomic E-state index is 9.55. The standard InChI is InChI=1S/C8H13BrN2O.C4H4O4/c1-11-4-2-3-8(6-11)5-7(9)10-12-8;5-3(6)1-2-4(7)8/h2-6H2,1H3;1-2H,(H,5,6)(H,7,8)/b;2-1+. The van der Waals surface area contributed by atoms with E-state index in [1.807, 2.05) is 0 Å². The van der Waals surface area contributed by atoms with Gasteiger partial charge < -0.3 is 20.0 Å². The number of carboxylic acid groups (broad SMARTS) is 2. The fraction of sp³-hybridized carbons (Fsp3) is 0.583. The quantitative estimate of drug-likeness (QED) is 0.729. The van der Waals surface area contributed by atoms with Gasteiger partial charge in [0.2, 0.25) is 0 Å². The number of oxime groups is 1. The number of carbonyl (C=O) groups is 2. The van der Waals surface area contributed by atoms with Gasteiger partial charge in [-0.25, -0.2) is 9.59 Å². The van der Waals surface area contributed by atoms with Gasteiger partial charge >= 0.3 is 11.9 Å². The molecule has 1 atom stereocenters. The Labute approximate surface area is 125 Å². The smallest absolute Gasteiger partial charge is 0.328 e. The SMILES string of the molecule is CN1CCCC2(CC(Br)=NO2)C1.O=C(O)/C=C/C(=O)O. The Morgan fingerprint density at radius 3 is 2.40 bits per heavy atom. The van der Waals surface area contributed by atoms with Crippen molar-refractivity contribution >= 4 is 32.5 Å². The number of nitrogens with zero attached hydrogens (tertiary/aromatic N) is 2. The van der Waals surface area contributed by atoms with E-state index in [2.05, 4.69) is 33.0 Å². The molecule has 0 bridgehead atoms. The first-order valence-electron chi connectivity index (χ1n) is 6.06. The number of hydrogen-bond donors (Lipinski definition) is 2. The van der Waals surface area contributed by atoms with E-state index < -0.39 is 11.9 Å². The maximum absolute atomic E-state index is 9.55. The normalized spacial score (nSPS) is 25.8. The Kier molecular flexibility index (Phi) is 6.15. The van der Waals surface area contributed by atoms with Crippen LogP contribution in [0.1, 0.15) is 19.3 Å². The molecule has 8 heteroatoms. The van der Waals surface area contributed by atoms with E-state index in [9.17, 15) is 9.59 Å². The lowest BCUT2D eigenvalue weighted by atomic mass is 9.91. The Bertz CT molecular complexity index is 422. The Balaban J connectivity index is 0.000000221. The van der Waals surface area contributed by atoms with Crippen LogP contribution in [0.2, 0.25) is 0 Å². The maximum Gasteiger partial charge on any atom is 0.328 e. The summed E-state index contributed by atoms with van der Waals surface area (Å²) in [6.45, 7) is 2.19. The Morgan fingerprint density at radius 1 is 1.40 bits per heavy atom. The minimum absolute atomic E-state index is 0.00810. The third-order valence-electron chi connectivity index (χ3n) is 2.91. The van der Waals surface area contributed by atoms with Crippen molar-refractivity contribution in [2.45, 2.75) is 24.9 Å². The first-order chi connectivity index (χ1) is 9.33. The summed E-state index contributed by atoms with van der Waals surface area (Å²) in [5.74, 6) is -2.51. The zero-order valence-electron chi connectivity index (χ0n) is 11.1. The van der Waals surface area contributed by atoms with E-state index in [1.165, 1.54) is 13.0 Å². The van der Waals surface area contributed by atoms with Crippen LogP contribution >= 0.6 is 15.9 Å². The first-order valence-corrected chi connectivity index (χ1v) is 6.85. The fourth-order valence-corrected chi connectivity index (χ4v) is 2.74. The molecule has 1 spiro atoms. The summed E-state index contributed by atoms with van der Waals surface area (Å²) in [5.41, 5.74) is -0.00810. The van der Waals surface area contributed by atoms with Gasteiger partial charge in [-0.15, -0.1) is 0 Å². The van der Waals surface area contributed by atoms with E-state index in [0.717, 1.165) is 24.0 Å². The summed E-state index contributed by atoms with van der Waals surface area (Å²) in [7, 11) is 2.14. The second-order valence-electron chi connectivity index (χ2n) is 4.77. The Hall–Kier alpha value is -1.41. The lowest BCUT2D eigenvalue weighted by Crippen LogP contribution is -2.46. The molecule has 1 fully saturated rings. The van der Waals surface area contributed by atoms with E-state index in [0.29, 0.717) is 12.2 Å². The lowest BCUT2D eigenvalue weighted by molar-refractivity contribution is -0.134. The molecule has 2 rings (SSSR count). The number of piperidine rings is 1. The predicted octanol–water partition coefficient (Wildman–Crippen LogP) is 1.29. The van der Waals surface area contributed by atoms with E-state index >= 15 is 0 Å². The molecule has 1 unspecified atom stereocenters. The van der Waals surface area contributed by atoms with Crippen molar-refractivity contribution in [1.29, 1.82) is 0 Å². The van der Waals surface area contributed by atoms with Gasteiger partial charge in [0.05, 0.1) is 0 Å². The lowest BCUT2D eigenvalue weighted by Gasteiger charge is -2.35. The van der Waals surface area contributed by atoms with E-state index in [1.54, 1.807) is 0 Å². The average molecular weight is 349 g/mol. The summed E-state index contributed by atoms with van der Waals surface area (Å²) < 4.78 is 0.956. The second-order valence-corrected chi connectivity index (χ2v) is 5.69. The number of aliphatic carboxylic acids is 2. The van der Waals surface area contributed by atoms with Crippen molar-refractivity contribution in [3.8, 4) is 0 Å². The number of halogens is 1. The highest BCUT2D eigenvalue weighted by Gasteiger charge is 2.41. The monoisotopic (exact) mass is 348 g/mol. The van der Waals surface area contributed by atoms with Gasteiger partial charge in [-0.05, 0) is 42.4 Å². The van der Waals surface area contributed by atoms with Gasteiger partial charge in [0, 0.05) is 25.1 Å². The number of likely N-dealkylation sites (tertiary alicyclic amines) is 1. The van der Waals surface area contributed by atoms with Crippen LogP contribution < -0.4 is 0 Å². The van der Waals surface area contributed by atoms with Gasteiger partial charge in [-0.2, -0.15) is 0 Å². The van der Waals surface area contributed by atoms with Gasteiger partial charge in [0.25, 0.3) is 0 Å². The van der Waals surface area contributed by atoms with Crippen molar-refractivity contribution in [2.75, 3.05) is 20.1 Å². The van der Waals surface area contributed by atoms with Crippen molar-refractivity contribution in [1.82, 2.24) is 4.90 Å². The minimum atomic E-state index is -1.26. The largest absolute Gasteiger partial charge is 0.478 e. The van der Waals surface area contributed by atoms with Crippen LogP contribution in [0.25, 0.3) is 0 Å². The van der Waals surface area contributed by atoms with E-state index in [-0.39, 0.29) is 5.60 Å². The van der Waals surface area contributed by atoms with Crippen LogP contribution in [0, 0.1) is 0 Å². The van der Waals surface area contributed by atoms with Crippen molar-refractivity contribution < 1.29 is 24.6 Å². The zero-order valence-corrected chi connectivity index (χ0v) is 12.7. The minimum Gasteiger partial charge on any atom is -0.478 e. The molecule has 0 radical (unpaired) electrons. The van der Waals surface area contributed by atoms with Crippen LogP contribution in [-0.2, 0) is 14.4 Å². The topological polar surface area (TPSA) is 99.4 Å². The molecule has 0 saturated carbocycles. The molecule has 20 heavy (non-hydrogen) atoms. The van der Waals surface area contributed by atoms with Crippen LogP contribution in [0.4, 0.5) is 0 Å². The molecule has 2 N–H and O–H groups in total. The molecule has 2 aliphatic rings. The molecule has 112 valence electrons. The van der Waals surface area contributed by atoms with Crippen LogP contribution in [0.15, 0.2) is 17.3 Å². The second kappa shape index (κ2) is 7.39. The molecule has 2 aliphatic heterocycles. The molecule has 0 aromatic heterocycles. The number of likely N-dealkylation sites (N-methyl/N-ethyl adjacent to an activating group) is 1. The highest BCUT2D eigenvalue weighted by molar-refractivity contribution is 9.18. The van der Waals surface area contributed by atoms with Gasteiger partial charge in [0.1, 0.15) is 4.62 Å². The third-order valence-corrected chi connectivity index (χ3v) is 3.33. The summed E-state index contributed by atoms with van der Waals surface area (Å²) in [6.07, 6.45) is 4.41. The van der Waals surface area contributed by atoms with Crippen LogP contribution in [0.3, 0.4) is 0 Å². The summed E-state index contributed by atoms with van der Waals surface area (Å²) in [4.78, 5) is 26.9. The van der Waals surface area contributed by atoms with Crippen LogP contribution in [0.5, 0.6) is 0 Å². The van der Waals surface area contributed by atoms with Crippen molar-refractivity contribution in [3.63, 3.8) is 0 Å². The number of carboxylic acids is 2. The number of rotatable bonds is 2. The Morgan fingerprint density at radius 2 is 2.00 bits per heavy atom. The van der Waals surface area contributed by atoms with E-state index in [4.69, 9.17) is 15.1 Å². The highest BCUT2D eigenvalue weighted by atomic mass is 79.9. The van der Waals surface area contributed by atoms with Crippen molar-refractivity contribution in [2.24, 2.45) is 5.16 Å². The van der Waals surface area contributed by atoms with Gasteiger partial charge in [-0.1, -0.05) is 5.16 Å². The molecule has 7 nitrogen and oxygen atoms in total. The van der Waals surface area contributed by atoms with Crippen molar-refractivity contribution in [3.05, 3.63) is 12.2 Å². The average Bonchev–Trinajstić information content (AvgIpc) is 2.68. The van der Waals surface area contributed by atoms with Crippen LogP contribution in [-0.4, -0.2) is 57.4 Å². The van der Waals surface area contributed by atoms with Gasteiger partial charge in [0.15, 0.2) is 5.60 Å². The molecular weight excluding hydrogens is 332 g/mol. The summed E-state index contributed by atoms with van der Waals surface area (Å²) in [5, 5.41) is 19.6. The molecule has 0 aromatic carbocycles. The molecule has 0 amide bonds. The summed E-state index contributed by atoms with van der Waals surface area (Å²) in [6, 6.07) is 0. The number of hydrogen-bond acceptors (Lipinski definition) is 5. The first kappa shape index (κ1) is 16.6. The highest BCUT2D eigenvalue weighted by Crippen LogP contribution is 2.33. The predicted molar refractivity (Wildman–Crippen MR) is 75.9 cm³/mol. The molecule has 2 heterocycles.